The zero-order chi connectivity index (χ0) is 20.0. The SMILES string of the molecule is CN(CCOc1ccc(S(N)(=O)=O)cc1)C(=O)NC1CCC(C(=O)O)CC1. The number of nitrogens with two attached hydrogens (primary N) is 1. The summed E-state index contributed by atoms with van der Waals surface area (Å²) in [6.07, 6.45) is 2.45. The molecule has 0 heterocycles. The first kappa shape index (κ1) is 21.0. The average molecular weight is 399 g/mol. The van der Waals surface area contributed by atoms with E-state index in [0.29, 0.717) is 38.0 Å². The van der Waals surface area contributed by atoms with Gasteiger partial charge in [0.1, 0.15) is 12.4 Å². The van der Waals surface area contributed by atoms with Crippen LogP contribution in [0, 0.1) is 5.92 Å². The summed E-state index contributed by atoms with van der Waals surface area (Å²) in [5.74, 6) is -0.612. The normalized spacial score (nSPS) is 19.9. The molecule has 10 heteroatoms. The molecule has 0 radical (unpaired) electrons. The summed E-state index contributed by atoms with van der Waals surface area (Å²) in [5.41, 5.74) is 0. The Kier molecular flexibility index (Phi) is 7.03. The summed E-state index contributed by atoms with van der Waals surface area (Å²) in [6, 6.07) is 5.47. The molecule has 1 fully saturated rings. The van der Waals surface area contributed by atoms with Crippen LogP contribution in [0.25, 0.3) is 0 Å². The Morgan fingerprint density at radius 1 is 1.22 bits per heavy atom. The molecule has 150 valence electrons. The molecule has 9 nitrogen and oxygen atoms in total. The van der Waals surface area contributed by atoms with E-state index in [-0.39, 0.29) is 29.5 Å². The Balaban J connectivity index is 1.71. The highest BCUT2D eigenvalue weighted by Gasteiger charge is 2.27. The van der Waals surface area contributed by atoms with Crippen molar-refractivity contribution in [2.24, 2.45) is 11.1 Å². The van der Waals surface area contributed by atoms with Crippen LogP contribution < -0.4 is 15.2 Å². The molecule has 1 aromatic rings. The highest BCUT2D eigenvalue weighted by molar-refractivity contribution is 7.89. The number of ether oxygens (including phenoxy) is 1. The van der Waals surface area contributed by atoms with Gasteiger partial charge in [-0.1, -0.05) is 0 Å². The summed E-state index contributed by atoms with van der Waals surface area (Å²) in [5, 5.41) is 16.9. The number of amides is 2. The molecule has 1 saturated carbocycles. The van der Waals surface area contributed by atoms with Gasteiger partial charge in [-0.25, -0.2) is 18.4 Å². The Labute approximate surface area is 158 Å². The number of carboxylic acid groups (broad SMARTS) is 1. The van der Waals surface area contributed by atoms with E-state index in [4.69, 9.17) is 15.0 Å². The van der Waals surface area contributed by atoms with Crippen LogP contribution in [0.4, 0.5) is 4.79 Å². The molecule has 0 unspecified atom stereocenters. The van der Waals surface area contributed by atoms with Crippen LogP contribution in [0.5, 0.6) is 5.75 Å². The van der Waals surface area contributed by atoms with Gasteiger partial charge in [0.25, 0.3) is 0 Å². The third kappa shape index (κ3) is 6.40. The first-order valence-corrected chi connectivity index (χ1v) is 10.2. The number of sulfonamides is 1. The average Bonchev–Trinajstić information content (AvgIpc) is 2.61. The molecule has 0 atom stereocenters. The molecule has 1 aromatic carbocycles. The minimum atomic E-state index is -3.74. The van der Waals surface area contributed by atoms with E-state index in [1.54, 1.807) is 7.05 Å². The number of aliphatic carboxylic acids is 1. The van der Waals surface area contributed by atoms with Crippen LogP contribution in [-0.2, 0) is 14.8 Å². The minimum absolute atomic E-state index is 0.00367. The van der Waals surface area contributed by atoms with E-state index < -0.39 is 16.0 Å². The molecule has 1 aliphatic rings. The Morgan fingerprint density at radius 3 is 2.33 bits per heavy atom. The molecule has 2 amide bonds. The number of nitrogens with one attached hydrogen (secondary N) is 1. The van der Waals surface area contributed by atoms with Gasteiger partial charge in [0.2, 0.25) is 10.0 Å². The molecule has 4 N–H and O–H groups in total. The lowest BCUT2D eigenvalue weighted by Crippen LogP contribution is -2.45. The highest BCUT2D eigenvalue weighted by Crippen LogP contribution is 2.24. The second-order valence-corrected chi connectivity index (χ2v) is 8.18. The van der Waals surface area contributed by atoms with Crippen molar-refractivity contribution < 1.29 is 27.9 Å². The second-order valence-electron chi connectivity index (χ2n) is 6.62. The van der Waals surface area contributed by atoms with Crippen molar-refractivity contribution in [2.45, 2.75) is 36.6 Å². The zero-order valence-corrected chi connectivity index (χ0v) is 15.9. The van der Waals surface area contributed by atoms with Crippen LogP contribution in [0.2, 0.25) is 0 Å². The lowest BCUT2D eigenvalue weighted by atomic mass is 9.86. The van der Waals surface area contributed by atoms with Gasteiger partial charge in [-0.2, -0.15) is 0 Å². The van der Waals surface area contributed by atoms with Gasteiger partial charge in [-0.05, 0) is 49.9 Å². The molecule has 0 saturated heterocycles. The number of primary sulfonamides is 1. The molecule has 0 spiro atoms. The van der Waals surface area contributed by atoms with E-state index in [1.807, 2.05) is 0 Å². The third-order valence-corrected chi connectivity index (χ3v) is 5.53. The lowest BCUT2D eigenvalue weighted by Gasteiger charge is -2.28. The van der Waals surface area contributed by atoms with Crippen LogP contribution in [-0.4, -0.2) is 56.7 Å². The van der Waals surface area contributed by atoms with Crippen molar-refractivity contribution in [3.8, 4) is 5.75 Å². The lowest BCUT2D eigenvalue weighted by molar-refractivity contribution is -0.142. The fraction of sp³-hybridized carbons (Fsp3) is 0.529. The Morgan fingerprint density at radius 2 is 1.81 bits per heavy atom. The number of hydrogen-bond acceptors (Lipinski definition) is 5. The predicted molar refractivity (Wildman–Crippen MR) is 97.9 cm³/mol. The number of carbonyl (C=O) groups excluding carboxylic acids is 1. The molecule has 0 aliphatic heterocycles. The maximum absolute atomic E-state index is 12.2. The van der Waals surface area contributed by atoms with Crippen molar-refractivity contribution >= 4 is 22.0 Å². The monoisotopic (exact) mass is 399 g/mol. The fourth-order valence-corrected chi connectivity index (χ4v) is 3.41. The summed E-state index contributed by atoms with van der Waals surface area (Å²) in [7, 11) is -2.09. The van der Waals surface area contributed by atoms with Gasteiger partial charge in [-0.3, -0.25) is 4.79 Å². The molecule has 1 aliphatic carbocycles. The third-order valence-electron chi connectivity index (χ3n) is 4.60. The van der Waals surface area contributed by atoms with E-state index in [9.17, 15) is 18.0 Å². The largest absolute Gasteiger partial charge is 0.492 e. The first-order chi connectivity index (χ1) is 12.7. The molecule has 0 aromatic heterocycles. The number of urea groups is 1. The number of nitrogens with zero attached hydrogens (tertiary/aromatic N) is 1. The van der Waals surface area contributed by atoms with Crippen LogP contribution in [0.1, 0.15) is 25.7 Å². The summed E-state index contributed by atoms with van der Waals surface area (Å²) >= 11 is 0. The van der Waals surface area contributed by atoms with E-state index in [1.165, 1.54) is 29.2 Å². The van der Waals surface area contributed by atoms with Gasteiger partial charge in [0, 0.05) is 13.1 Å². The highest BCUT2D eigenvalue weighted by atomic mass is 32.2. The topological polar surface area (TPSA) is 139 Å². The predicted octanol–water partition coefficient (Wildman–Crippen LogP) is 0.998. The Bertz CT molecular complexity index is 757. The number of hydrogen-bond donors (Lipinski definition) is 3. The summed E-state index contributed by atoms with van der Waals surface area (Å²) in [4.78, 5) is 24.6. The van der Waals surface area contributed by atoms with E-state index in [2.05, 4.69) is 5.32 Å². The van der Waals surface area contributed by atoms with Crippen molar-refractivity contribution in [2.75, 3.05) is 20.2 Å². The number of carboxylic acids is 1. The molecular formula is C17H25N3O6S. The van der Waals surface area contributed by atoms with Crippen LogP contribution in [0.15, 0.2) is 29.2 Å². The van der Waals surface area contributed by atoms with Crippen LogP contribution in [0.3, 0.4) is 0 Å². The van der Waals surface area contributed by atoms with Gasteiger partial charge in [0.05, 0.1) is 17.4 Å². The number of carbonyl (C=O) groups is 2. The summed E-state index contributed by atoms with van der Waals surface area (Å²) in [6.45, 7) is 0.581. The quantitative estimate of drug-likeness (QED) is 0.625. The zero-order valence-electron chi connectivity index (χ0n) is 15.1. The molecule has 27 heavy (non-hydrogen) atoms. The smallest absolute Gasteiger partial charge is 0.317 e. The maximum atomic E-state index is 12.2. The molecule has 2 rings (SSSR count). The van der Waals surface area contributed by atoms with Crippen molar-refractivity contribution in [3.05, 3.63) is 24.3 Å². The molecule has 0 bridgehead atoms. The fourth-order valence-electron chi connectivity index (χ4n) is 2.90. The molecular weight excluding hydrogens is 374 g/mol. The van der Waals surface area contributed by atoms with Gasteiger partial charge in [0.15, 0.2) is 0 Å². The first-order valence-electron chi connectivity index (χ1n) is 8.67. The van der Waals surface area contributed by atoms with Crippen LogP contribution >= 0.6 is 0 Å². The van der Waals surface area contributed by atoms with Crippen molar-refractivity contribution in [3.63, 3.8) is 0 Å². The van der Waals surface area contributed by atoms with Crippen molar-refractivity contribution in [1.29, 1.82) is 0 Å². The second kappa shape index (κ2) is 9.05. The standard InChI is InChI=1S/C17H25N3O6S/c1-20(17(23)19-13-4-2-12(3-5-13)16(21)22)10-11-26-14-6-8-15(9-7-14)27(18,24)25/h6-9,12-13H,2-5,10-11H2,1H3,(H,19,23)(H,21,22)(H2,18,24,25). The Hall–Kier alpha value is -2.33. The number of benzene rings is 1. The number of likely N-dealkylation sites (N-methyl/N-ethyl adjacent to an activating group) is 1. The van der Waals surface area contributed by atoms with E-state index in [0.717, 1.165) is 0 Å². The van der Waals surface area contributed by atoms with Gasteiger partial charge >= 0.3 is 12.0 Å². The van der Waals surface area contributed by atoms with E-state index >= 15 is 0 Å². The van der Waals surface area contributed by atoms with Crippen molar-refractivity contribution in [1.82, 2.24) is 10.2 Å². The number of rotatable bonds is 7. The summed E-state index contributed by atoms with van der Waals surface area (Å²) < 4.78 is 27.9. The van der Waals surface area contributed by atoms with Gasteiger partial charge in [-0.15, -0.1) is 0 Å². The van der Waals surface area contributed by atoms with Gasteiger partial charge < -0.3 is 20.1 Å². The maximum Gasteiger partial charge on any atom is 0.317 e. The minimum Gasteiger partial charge on any atom is -0.492 e.